The molecular weight excluding hydrogens is 801 g/mol. The van der Waals surface area contributed by atoms with E-state index in [0.717, 1.165) is 16.9 Å². The molecule has 2 aliphatic rings. The second kappa shape index (κ2) is 22.9. The van der Waals surface area contributed by atoms with Gasteiger partial charge in [0.2, 0.25) is 0 Å². The fourth-order valence-electron chi connectivity index (χ4n) is 7.29. The summed E-state index contributed by atoms with van der Waals surface area (Å²) in [6.07, 6.45) is -0.593. The van der Waals surface area contributed by atoms with Gasteiger partial charge in [0.25, 0.3) is 0 Å². The molecule has 0 atom stereocenters. The van der Waals surface area contributed by atoms with Crippen LogP contribution in [0.15, 0.2) is 97.1 Å². The smallest absolute Gasteiger partial charge is 0.410 e. The zero-order valence-electron chi connectivity index (χ0n) is 34.7. The molecule has 0 spiro atoms. The molecule has 0 fully saturated rings. The van der Waals surface area contributed by atoms with Crippen molar-refractivity contribution in [2.24, 2.45) is 0 Å². The number of alkyl carbamates (subject to hydrolysis) is 1. The standard InChI is InChI=1S/C47H56N2O9S2/c1-47(2,3)58-46(52)49(22-25-53-24-21-48-45(51)57-33-43-40-18-10-6-14-36(40)37-15-7-11-19-41(37)43)23-26-54-27-28-55-29-31-60-59-30-20-44(50)56-32-42-38-16-8-4-12-34(38)35-13-5-9-17-39(35)42/h4-19,42-43H,20-33H2,1-3H3,(H,48,51). The fourth-order valence-corrected chi connectivity index (χ4v) is 9.13. The number of amides is 2. The van der Waals surface area contributed by atoms with Crippen LogP contribution in [0.1, 0.15) is 61.3 Å². The van der Waals surface area contributed by atoms with Crippen LogP contribution < -0.4 is 5.32 Å². The number of nitrogens with zero attached hydrogens (tertiary/aromatic N) is 1. The van der Waals surface area contributed by atoms with Crippen LogP contribution in [0.25, 0.3) is 22.3 Å². The molecule has 0 unspecified atom stereocenters. The summed E-state index contributed by atoms with van der Waals surface area (Å²) in [6, 6.07) is 33.1. The van der Waals surface area contributed by atoms with E-state index in [1.54, 1.807) is 26.5 Å². The third-order valence-corrected chi connectivity index (χ3v) is 12.4. The first-order valence-corrected chi connectivity index (χ1v) is 23.1. The lowest BCUT2D eigenvalue weighted by Gasteiger charge is -2.27. The van der Waals surface area contributed by atoms with Gasteiger partial charge in [-0.25, -0.2) is 9.59 Å². The summed E-state index contributed by atoms with van der Waals surface area (Å²) in [5.74, 6) is 1.33. The summed E-state index contributed by atoms with van der Waals surface area (Å²) in [5, 5.41) is 2.75. The zero-order chi connectivity index (χ0) is 42.2. The van der Waals surface area contributed by atoms with Crippen LogP contribution in [0.5, 0.6) is 0 Å². The molecule has 0 radical (unpaired) electrons. The summed E-state index contributed by atoms with van der Waals surface area (Å²) in [6.45, 7) is 9.16. The predicted octanol–water partition coefficient (Wildman–Crippen LogP) is 8.94. The summed E-state index contributed by atoms with van der Waals surface area (Å²) in [7, 11) is 3.30. The van der Waals surface area contributed by atoms with Crippen molar-refractivity contribution in [1.29, 1.82) is 0 Å². The van der Waals surface area contributed by atoms with E-state index in [9.17, 15) is 14.4 Å². The van der Waals surface area contributed by atoms with Gasteiger partial charge in [-0.2, -0.15) is 0 Å². The number of carbonyl (C=O) groups excluding carboxylic acids is 3. The minimum Gasteiger partial charge on any atom is -0.465 e. The van der Waals surface area contributed by atoms with Gasteiger partial charge in [-0.3, -0.25) is 4.79 Å². The van der Waals surface area contributed by atoms with Crippen LogP contribution in [-0.2, 0) is 33.2 Å². The van der Waals surface area contributed by atoms with E-state index in [4.69, 9.17) is 28.4 Å². The number of ether oxygens (including phenoxy) is 6. The molecule has 0 saturated carbocycles. The minimum absolute atomic E-state index is 0.00742. The maximum Gasteiger partial charge on any atom is 0.410 e. The molecule has 2 amide bonds. The lowest BCUT2D eigenvalue weighted by atomic mass is 9.98. The first kappa shape index (κ1) is 45.0. The van der Waals surface area contributed by atoms with Crippen LogP contribution >= 0.6 is 21.6 Å². The Kier molecular flexibility index (Phi) is 17.2. The van der Waals surface area contributed by atoms with Gasteiger partial charge in [-0.1, -0.05) is 119 Å². The summed E-state index contributed by atoms with van der Waals surface area (Å²) < 4.78 is 34.1. The molecule has 2 aliphatic carbocycles. The molecule has 0 saturated heterocycles. The average molecular weight is 857 g/mol. The predicted molar refractivity (Wildman–Crippen MR) is 238 cm³/mol. The van der Waals surface area contributed by atoms with Gasteiger partial charge in [0.05, 0.1) is 46.1 Å². The van der Waals surface area contributed by atoms with Crippen LogP contribution in [0.4, 0.5) is 9.59 Å². The number of hydrogen-bond donors (Lipinski definition) is 1. The molecule has 320 valence electrons. The van der Waals surface area contributed by atoms with E-state index in [1.807, 2.05) is 69.3 Å². The number of carbonyl (C=O) groups is 3. The molecule has 13 heteroatoms. The topological polar surface area (TPSA) is 122 Å². The Bertz CT molecular complexity index is 1930. The third kappa shape index (κ3) is 13.0. The quantitative estimate of drug-likeness (QED) is 0.0333. The van der Waals surface area contributed by atoms with Crippen molar-refractivity contribution in [3.8, 4) is 22.3 Å². The number of rotatable bonds is 23. The first-order valence-electron chi connectivity index (χ1n) is 20.6. The van der Waals surface area contributed by atoms with Crippen LogP contribution in [-0.4, -0.2) is 113 Å². The van der Waals surface area contributed by atoms with E-state index >= 15 is 0 Å². The van der Waals surface area contributed by atoms with E-state index < -0.39 is 17.8 Å². The highest BCUT2D eigenvalue weighted by Gasteiger charge is 2.30. The second-order valence-electron chi connectivity index (χ2n) is 15.4. The lowest BCUT2D eigenvalue weighted by molar-refractivity contribution is -0.143. The fraction of sp³-hybridized carbons (Fsp3) is 0.426. The normalized spacial score (nSPS) is 12.9. The number of fused-ring (bicyclic) bond motifs is 6. The van der Waals surface area contributed by atoms with Crippen molar-refractivity contribution in [3.63, 3.8) is 0 Å². The van der Waals surface area contributed by atoms with E-state index in [0.29, 0.717) is 58.3 Å². The summed E-state index contributed by atoms with van der Waals surface area (Å²) >= 11 is 0. The summed E-state index contributed by atoms with van der Waals surface area (Å²) in [5.41, 5.74) is 8.88. The van der Waals surface area contributed by atoms with Crippen LogP contribution in [0, 0.1) is 0 Å². The van der Waals surface area contributed by atoms with Gasteiger partial charge in [0.15, 0.2) is 0 Å². The maximum atomic E-state index is 12.9. The van der Waals surface area contributed by atoms with Gasteiger partial charge in [0, 0.05) is 43.0 Å². The zero-order valence-corrected chi connectivity index (χ0v) is 36.4. The van der Waals surface area contributed by atoms with Crippen molar-refractivity contribution in [2.45, 2.75) is 44.6 Å². The Balaban J connectivity index is 0.772. The molecule has 60 heavy (non-hydrogen) atoms. The molecule has 4 aromatic carbocycles. The highest BCUT2D eigenvalue weighted by atomic mass is 33.1. The highest BCUT2D eigenvalue weighted by molar-refractivity contribution is 8.76. The lowest BCUT2D eigenvalue weighted by Crippen LogP contribution is -2.41. The van der Waals surface area contributed by atoms with Gasteiger partial charge in [0.1, 0.15) is 18.8 Å². The van der Waals surface area contributed by atoms with E-state index in [2.05, 4.69) is 53.8 Å². The summed E-state index contributed by atoms with van der Waals surface area (Å²) in [4.78, 5) is 39.4. The SMILES string of the molecule is CC(C)(C)OC(=O)N(CCOCCNC(=O)OCC1c2ccccc2-c2ccccc21)CCOCCOCCSSCCC(=O)OCC1c2ccccc2-c2ccccc21. The maximum absolute atomic E-state index is 12.9. The van der Waals surface area contributed by atoms with Crippen molar-refractivity contribution in [1.82, 2.24) is 10.2 Å². The Labute approximate surface area is 361 Å². The molecule has 1 N–H and O–H groups in total. The van der Waals surface area contributed by atoms with E-state index in [1.165, 1.54) is 33.4 Å². The highest BCUT2D eigenvalue weighted by Crippen LogP contribution is 2.45. The number of esters is 1. The first-order chi connectivity index (χ1) is 29.2. The van der Waals surface area contributed by atoms with Gasteiger partial charge in [-0.15, -0.1) is 0 Å². The number of nitrogens with one attached hydrogen (secondary N) is 1. The van der Waals surface area contributed by atoms with Gasteiger partial charge >= 0.3 is 18.2 Å². The molecule has 0 bridgehead atoms. The molecule has 0 aliphatic heterocycles. The van der Waals surface area contributed by atoms with Gasteiger partial charge < -0.3 is 38.6 Å². The van der Waals surface area contributed by atoms with Gasteiger partial charge in [-0.05, 0) is 65.3 Å². The molecule has 0 heterocycles. The monoisotopic (exact) mass is 856 g/mol. The molecule has 4 aromatic rings. The van der Waals surface area contributed by atoms with Crippen molar-refractivity contribution < 1.29 is 42.8 Å². The molecule has 6 rings (SSSR count). The second-order valence-corrected chi connectivity index (χ2v) is 18.1. The molecular formula is C47H56N2O9S2. The average Bonchev–Trinajstić information content (AvgIpc) is 3.74. The Morgan fingerprint density at radius 3 is 1.55 bits per heavy atom. The number of hydrogen-bond acceptors (Lipinski definition) is 11. The van der Waals surface area contributed by atoms with E-state index in [-0.39, 0.29) is 44.2 Å². The molecule has 0 aromatic heterocycles. The molecule has 11 nitrogen and oxygen atoms in total. The largest absolute Gasteiger partial charge is 0.465 e. The Morgan fingerprint density at radius 1 is 0.583 bits per heavy atom. The van der Waals surface area contributed by atoms with Crippen LogP contribution in [0.2, 0.25) is 0 Å². The third-order valence-electron chi connectivity index (χ3n) is 10.1. The van der Waals surface area contributed by atoms with Crippen molar-refractivity contribution >= 4 is 39.7 Å². The Hall–Kier alpha value is -4.53. The minimum atomic E-state index is -0.645. The van der Waals surface area contributed by atoms with Crippen molar-refractivity contribution in [2.75, 3.05) is 84.0 Å². The van der Waals surface area contributed by atoms with Crippen molar-refractivity contribution in [3.05, 3.63) is 119 Å². The Morgan fingerprint density at radius 2 is 1.03 bits per heavy atom. The van der Waals surface area contributed by atoms with Crippen LogP contribution in [0.3, 0.4) is 0 Å². The number of benzene rings is 4.